The van der Waals surface area contributed by atoms with Gasteiger partial charge in [-0.3, -0.25) is 0 Å². The highest BCUT2D eigenvalue weighted by molar-refractivity contribution is 5.67. The fraction of sp³-hybridized carbons (Fsp3) is 0.444. The number of aryl methyl sites for hydroxylation is 1. The molecule has 2 heterocycles. The zero-order valence-corrected chi connectivity index (χ0v) is 13.0. The third-order valence-electron chi connectivity index (χ3n) is 4.93. The summed E-state index contributed by atoms with van der Waals surface area (Å²) >= 11 is 0. The second kappa shape index (κ2) is 5.36. The maximum Gasteiger partial charge on any atom is 0.226 e. The molecule has 1 aromatic heterocycles. The minimum atomic E-state index is 0.558. The summed E-state index contributed by atoms with van der Waals surface area (Å²) in [5, 5.41) is 0. The van der Waals surface area contributed by atoms with Crippen molar-refractivity contribution < 1.29 is 0 Å². The fourth-order valence-electron chi connectivity index (χ4n) is 3.45. The molecule has 1 fully saturated rings. The molecule has 0 radical (unpaired) electrons. The summed E-state index contributed by atoms with van der Waals surface area (Å²) in [6.07, 6.45) is 4.59. The number of aromatic nitrogens is 2. The molecule has 4 heteroatoms. The second-order valence-corrected chi connectivity index (χ2v) is 6.39. The van der Waals surface area contributed by atoms with Gasteiger partial charge in [0.15, 0.2) is 0 Å². The van der Waals surface area contributed by atoms with Crippen LogP contribution in [0.4, 0.5) is 5.95 Å². The van der Waals surface area contributed by atoms with Crippen molar-refractivity contribution in [1.82, 2.24) is 9.97 Å². The number of hydrogen-bond acceptors (Lipinski definition) is 4. The number of rotatable bonds is 3. The third kappa shape index (κ3) is 2.18. The lowest BCUT2D eigenvalue weighted by molar-refractivity contribution is 0.470. The first-order valence-corrected chi connectivity index (χ1v) is 8.22. The minimum absolute atomic E-state index is 0.558. The van der Waals surface area contributed by atoms with Crippen molar-refractivity contribution in [1.29, 1.82) is 0 Å². The fourth-order valence-corrected chi connectivity index (χ4v) is 3.45. The Bertz CT molecular complexity index is 710. The molecule has 2 aromatic rings. The van der Waals surface area contributed by atoms with Crippen molar-refractivity contribution in [3.63, 3.8) is 0 Å². The molecule has 1 aromatic carbocycles. The number of fused-ring (bicyclic) bond motifs is 1. The molecule has 0 spiro atoms. The van der Waals surface area contributed by atoms with Crippen molar-refractivity contribution in [2.24, 2.45) is 5.73 Å². The lowest BCUT2D eigenvalue weighted by atomic mass is 10.0. The first kappa shape index (κ1) is 13.7. The topological polar surface area (TPSA) is 55.0 Å². The molecular weight excluding hydrogens is 272 g/mol. The third-order valence-corrected chi connectivity index (χ3v) is 4.93. The molecule has 0 bridgehead atoms. The van der Waals surface area contributed by atoms with E-state index in [0.29, 0.717) is 12.6 Å². The van der Waals surface area contributed by atoms with E-state index in [1.54, 1.807) is 0 Å². The second-order valence-electron chi connectivity index (χ2n) is 6.39. The van der Waals surface area contributed by atoms with E-state index in [2.05, 4.69) is 36.1 Å². The largest absolute Gasteiger partial charge is 0.338 e. The smallest absolute Gasteiger partial charge is 0.226 e. The number of nitrogens with two attached hydrogens (primary N) is 1. The lowest BCUT2D eigenvalue weighted by Crippen LogP contribution is -2.46. The predicted octanol–water partition coefficient (Wildman–Crippen LogP) is 2.69. The van der Waals surface area contributed by atoms with Crippen LogP contribution in [0.1, 0.15) is 36.6 Å². The van der Waals surface area contributed by atoms with Crippen molar-refractivity contribution in [2.75, 3.05) is 11.4 Å². The Balaban J connectivity index is 1.83. The standard InChI is InChI=1S/C18H22N4/c1-12-8-9-22(12)18-20-16-7-3-6-15(16)17(21-18)14-5-2-4-13(10-14)11-19/h2,4-5,10,12H,3,6-9,11,19H2,1H3/t12-/m0/s1. The Hall–Kier alpha value is -1.94. The van der Waals surface area contributed by atoms with E-state index < -0.39 is 0 Å². The maximum atomic E-state index is 5.80. The molecule has 0 unspecified atom stereocenters. The monoisotopic (exact) mass is 294 g/mol. The van der Waals surface area contributed by atoms with Crippen LogP contribution in [0.3, 0.4) is 0 Å². The van der Waals surface area contributed by atoms with Gasteiger partial charge >= 0.3 is 0 Å². The van der Waals surface area contributed by atoms with Gasteiger partial charge in [-0.2, -0.15) is 0 Å². The van der Waals surface area contributed by atoms with Gasteiger partial charge in [0.1, 0.15) is 0 Å². The zero-order chi connectivity index (χ0) is 15.1. The van der Waals surface area contributed by atoms with Gasteiger partial charge in [-0.25, -0.2) is 9.97 Å². The van der Waals surface area contributed by atoms with E-state index in [1.165, 1.54) is 29.7 Å². The van der Waals surface area contributed by atoms with Crippen molar-refractivity contribution in [2.45, 2.75) is 45.2 Å². The Labute approximate surface area is 131 Å². The highest BCUT2D eigenvalue weighted by atomic mass is 15.3. The summed E-state index contributed by atoms with van der Waals surface area (Å²) in [4.78, 5) is 12.1. The van der Waals surface area contributed by atoms with E-state index in [4.69, 9.17) is 15.7 Å². The van der Waals surface area contributed by atoms with Gasteiger partial charge in [0.05, 0.1) is 5.69 Å². The quantitative estimate of drug-likeness (QED) is 0.945. The molecule has 1 aliphatic carbocycles. The summed E-state index contributed by atoms with van der Waals surface area (Å²) in [7, 11) is 0. The number of nitrogens with zero attached hydrogens (tertiary/aromatic N) is 3. The summed E-state index contributed by atoms with van der Waals surface area (Å²) < 4.78 is 0. The Kier molecular flexibility index (Phi) is 3.34. The van der Waals surface area contributed by atoms with E-state index in [9.17, 15) is 0 Å². The van der Waals surface area contributed by atoms with Crippen LogP contribution in [0.5, 0.6) is 0 Å². The van der Waals surface area contributed by atoms with Crippen LogP contribution in [-0.2, 0) is 19.4 Å². The molecule has 22 heavy (non-hydrogen) atoms. The molecule has 1 saturated heterocycles. The maximum absolute atomic E-state index is 5.80. The first-order valence-electron chi connectivity index (χ1n) is 8.22. The predicted molar refractivity (Wildman–Crippen MR) is 88.8 cm³/mol. The Morgan fingerprint density at radius 1 is 1.27 bits per heavy atom. The molecule has 4 nitrogen and oxygen atoms in total. The SMILES string of the molecule is C[C@H]1CCN1c1nc2c(c(-c3cccc(CN)c3)n1)CCC2. The number of hydrogen-bond donors (Lipinski definition) is 1. The molecule has 1 aliphatic heterocycles. The molecule has 0 amide bonds. The highest BCUT2D eigenvalue weighted by Crippen LogP contribution is 2.34. The van der Waals surface area contributed by atoms with Gasteiger partial charge in [0.25, 0.3) is 0 Å². The van der Waals surface area contributed by atoms with Crippen LogP contribution < -0.4 is 10.6 Å². The average Bonchev–Trinajstić information content (AvgIpc) is 3.01. The summed E-state index contributed by atoms with van der Waals surface area (Å²) in [5.74, 6) is 0.910. The van der Waals surface area contributed by atoms with Gasteiger partial charge < -0.3 is 10.6 Å². The van der Waals surface area contributed by atoms with Crippen LogP contribution in [0.2, 0.25) is 0 Å². The Morgan fingerprint density at radius 3 is 2.91 bits per heavy atom. The van der Waals surface area contributed by atoms with Crippen molar-refractivity contribution >= 4 is 5.95 Å². The van der Waals surface area contributed by atoms with Gasteiger partial charge in [-0.05, 0) is 44.2 Å². The number of benzene rings is 1. The molecule has 0 saturated carbocycles. The van der Waals surface area contributed by atoms with Crippen LogP contribution >= 0.6 is 0 Å². The number of anilines is 1. The van der Waals surface area contributed by atoms with E-state index >= 15 is 0 Å². The molecule has 4 rings (SSSR count). The highest BCUT2D eigenvalue weighted by Gasteiger charge is 2.29. The van der Waals surface area contributed by atoms with Crippen LogP contribution in [0, 0.1) is 0 Å². The molecule has 1 atom stereocenters. The van der Waals surface area contributed by atoms with Crippen LogP contribution in [-0.4, -0.2) is 22.6 Å². The molecule has 2 N–H and O–H groups in total. The summed E-state index contributed by atoms with van der Waals surface area (Å²) in [6, 6.07) is 9.02. The van der Waals surface area contributed by atoms with E-state index in [0.717, 1.165) is 36.6 Å². The summed E-state index contributed by atoms with van der Waals surface area (Å²) in [5.41, 5.74) is 11.8. The van der Waals surface area contributed by atoms with Gasteiger partial charge in [-0.15, -0.1) is 0 Å². The van der Waals surface area contributed by atoms with E-state index in [1.807, 2.05) is 0 Å². The molecule has 114 valence electrons. The van der Waals surface area contributed by atoms with Gasteiger partial charge in [0.2, 0.25) is 5.95 Å². The minimum Gasteiger partial charge on any atom is -0.338 e. The van der Waals surface area contributed by atoms with Crippen LogP contribution in [0.15, 0.2) is 24.3 Å². The van der Waals surface area contributed by atoms with Crippen molar-refractivity contribution in [3.8, 4) is 11.3 Å². The zero-order valence-electron chi connectivity index (χ0n) is 13.0. The van der Waals surface area contributed by atoms with Crippen molar-refractivity contribution in [3.05, 3.63) is 41.1 Å². The van der Waals surface area contributed by atoms with Gasteiger partial charge in [0, 0.05) is 36.0 Å². The Morgan fingerprint density at radius 2 is 2.18 bits per heavy atom. The average molecular weight is 294 g/mol. The molecular formula is C18H22N4. The van der Waals surface area contributed by atoms with Gasteiger partial charge in [-0.1, -0.05) is 18.2 Å². The first-order chi connectivity index (χ1) is 10.8. The normalized spacial score (nSPS) is 19.9. The van der Waals surface area contributed by atoms with Crippen LogP contribution in [0.25, 0.3) is 11.3 Å². The summed E-state index contributed by atoms with van der Waals surface area (Å²) in [6.45, 7) is 3.88. The van der Waals surface area contributed by atoms with E-state index in [-0.39, 0.29) is 0 Å². The lowest BCUT2D eigenvalue weighted by Gasteiger charge is -2.39. The molecule has 2 aliphatic rings.